The number of hydrogen-bond donors (Lipinski definition) is 2. The Hall–Kier alpha value is -1.58. The molecule has 4 saturated carbocycles. The molecule has 112 valence electrons. The summed E-state index contributed by atoms with van der Waals surface area (Å²) in [5, 5.41) is 13.0. The van der Waals surface area contributed by atoms with Gasteiger partial charge in [-0.2, -0.15) is 0 Å². The number of amides is 1. The van der Waals surface area contributed by atoms with E-state index in [4.69, 9.17) is 0 Å². The van der Waals surface area contributed by atoms with Crippen LogP contribution in [0.25, 0.3) is 0 Å². The molecule has 0 spiro atoms. The van der Waals surface area contributed by atoms with E-state index in [0.717, 1.165) is 43.1 Å². The van der Waals surface area contributed by atoms with Crippen molar-refractivity contribution in [2.24, 2.45) is 17.8 Å². The third-order valence-electron chi connectivity index (χ3n) is 5.62. The molecule has 0 aliphatic heterocycles. The van der Waals surface area contributed by atoms with Gasteiger partial charge in [-0.1, -0.05) is 0 Å². The van der Waals surface area contributed by atoms with Crippen LogP contribution < -0.4 is 5.32 Å². The first-order valence-electron chi connectivity index (χ1n) is 7.84. The van der Waals surface area contributed by atoms with Crippen LogP contribution >= 0.6 is 0 Å². The quantitative estimate of drug-likeness (QED) is 0.878. The Morgan fingerprint density at radius 2 is 1.71 bits per heavy atom. The monoisotopic (exact) mass is 289 g/mol. The highest BCUT2D eigenvalue weighted by Gasteiger charge is 2.51. The van der Waals surface area contributed by atoms with E-state index in [1.54, 1.807) is 0 Å². The Morgan fingerprint density at radius 1 is 1.14 bits per heavy atom. The SMILES string of the molecule is O=C(NC12CC3CC(CC(C3)C1)C2)c1ccc(F)cc1O. The molecule has 4 aliphatic carbocycles. The Labute approximate surface area is 123 Å². The van der Waals surface area contributed by atoms with Gasteiger partial charge >= 0.3 is 0 Å². The smallest absolute Gasteiger partial charge is 0.255 e. The number of halogens is 1. The lowest BCUT2D eigenvalue weighted by Gasteiger charge is -2.56. The number of rotatable bonds is 2. The summed E-state index contributed by atoms with van der Waals surface area (Å²) in [6.07, 6.45) is 7.14. The molecule has 0 atom stereocenters. The van der Waals surface area contributed by atoms with Crippen LogP contribution in [0.1, 0.15) is 48.9 Å². The molecule has 1 amide bonds. The molecule has 1 aromatic carbocycles. The van der Waals surface area contributed by atoms with Gasteiger partial charge in [0.25, 0.3) is 5.91 Å². The first-order chi connectivity index (χ1) is 10.0. The largest absolute Gasteiger partial charge is 0.507 e. The Balaban J connectivity index is 1.57. The Kier molecular flexibility index (Phi) is 2.78. The molecule has 4 bridgehead atoms. The highest BCUT2D eigenvalue weighted by molar-refractivity contribution is 5.97. The van der Waals surface area contributed by atoms with Crippen LogP contribution in [-0.2, 0) is 0 Å². The van der Waals surface area contributed by atoms with Crippen molar-refractivity contribution in [1.29, 1.82) is 0 Å². The summed E-state index contributed by atoms with van der Waals surface area (Å²) in [6.45, 7) is 0. The predicted molar refractivity (Wildman–Crippen MR) is 76.4 cm³/mol. The van der Waals surface area contributed by atoms with E-state index in [1.165, 1.54) is 31.4 Å². The van der Waals surface area contributed by atoms with E-state index >= 15 is 0 Å². The van der Waals surface area contributed by atoms with E-state index in [2.05, 4.69) is 5.32 Å². The standard InChI is InChI=1S/C17H20FNO2/c18-13-1-2-14(15(20)6-13)16(21)19-17-7-10-3-11(8-17)5-12(4-10)9-17/h1-2,6,10-12,20H,3-5,7-9H2,(H,19,21). The van der Waals surface area contributed by atoms with Crippen molar-refractivity contribution in [3.63, 3.8) is 0 Å². The molecule has 0 aromatic heterocycles. The average Bonchev–Trinajstić information content (AvgIpc) is 2.35. The van der Waals surface area contributed by atoms with Crippen LogP contribution in [0.3, 0.4) is 0 Å². The number of aromatic hydroxyl groups is 1. The minimum atomic E-state index is -0.529. The van der Waals surface area contributed by atoms with E-state index in [0.29, 0.717) is 0 Å². The number of carbonyl (C=O) groups is 1. The number of phenolic OH excluding ortho intramolecular Hbond substituents is 1. The fraction of sp³-hybridized carbons (Fsp3) is 0.588. The van der Waals surface area contributed by atoms with Gasteiger partial charge in [0.05, 0.1) is 5.56 Å². The minimum absolute atomic E-state index is 0.0906. The lowest BCUT2D eigenvalue weighted by molar-refractivity contribution is -0.0167. The molecule has 4 heteroatoms. The molecule has 0 saturated heterocycles. The molecule has 2 N–H and O–H groups in total. The van der Waals surface area contributed by atoms with Crippen molar-refractivity contribution in [3.8, 4) is 5.75 Å². The van der Waals surface area contributed by atoms with Gasteiger partial charge in [-0.25, -0.2) is 4.39 Å². The number of benzene rings is 1. The highest BCUT2D eigenvalue weighted by atomic mass is 19.1. The third-order valence-corrected chi connectivity index (χ3v) is 5.62. The van der Waals surface area contributed by atoms with Crippen LogP contribution in [0.15, 0.2) is 18.2 Å². The maximum Gasteiger partial charge on any atom is 0.255 e. The topological polar surface area (TPSA) is 49.3 Å². The van der Waals surface area contributed by atoms with Gasteiger partial charge in [-0.15, -0.1) is 0 Å². The second-order valence-corrected chi connectivity index (χ2v) is 7.31. The molecular formula is C17H20FNO2. The van der Waals surface area contributed by atoms with Gasteiger partial charge in [0.1, 0.15) is 11.6 Å². The average molecular weight is 289 g/mol. The molecule has 21 heavy (non-hydrogen) atoms. The molecule has 4 aliphatic rings. The summed E-state index contributed by atoms with van der Waals surface area (Å²) in [6, 6.07) is 3.57. The molecule has 4 fully saturated rings. The first kappa shape index (κ1) is 13.1. The van der Waals surface area contributed by atoms with Gasteiger partial charge in [-0.05, 0) is 68.4 Å². The van der Waals surface area contributed by atoms with Crippen molar-refractivity contribution in [2.75, 3.05) is 0 Å². The van der Waals surface area contributed by atoms with Crippen LogP contribution in [0.4, 0.5) is 4.39 Å². The summed E-state index contributed by atoms with van der Waals surface area (Å²) in [4.78, 5) is 12.5. The molecule has 0 unspecified atom stereocenters. The van der Waals surface area contributed by atoms with Crippen LogP contribution in [-0.4, -0.2) is 16.6 Å². The minimum Gasteiger partial charge on any atom is -0.507 e. The van der Waals surface area contributed by atoms with E-state index in [1.807, 2.05) is 0 Å². The maximum absolute atomic E-state index is 13.0. The van der Waals surface area contributed by atoms with Crippen molar-refractivity contribution >= 4 is 5.91 Å². The summed E-state index contributed by atoms with van der Waals surface area (Å²) in [5.74, 6) is 1.17. The fourth-order valence-electron chi connectivity index (χ4n) is 5.27. The van der Waals surface area contributed by atoms with E-state index in [-0.39, 0.29) is 22.8 Å². The molecular weight excluding hydrogens is 269 g/mol. The third kappa shape index (κ3) is 2.21. The van der Waals surface area contributed by atoms with Crippen LogP contribution in [0.5, 0.6) is 5.75 Å². The lowest BCUT2D eigenvalue weighted by Crippen LogP contribution is -2.59. The van der Waals surface area contributed by atoms with Gasteiger partial charge in [0.15, 0.2) is 0 Å². The molecule has 3 nitrogen and oxygen atoms in total. The second-order valence-electron chi connectivity index (χ2n) is 7.31. The van der Waals surface area contributed by atoms with Crippen LogP contribution in [0, 0.1) is 23.6 Å². The summed E-state index contributed by atoms with van der Waals surface area (Å²) in [7, 11) is 0. The lowest BCUT2D eigenvalue weighted by atomic mass is 9.53. The molecule has 1 aromatic rings. The van der Waals surface area contributed by atoms with Gasteiger partial charge in [0.2, 0.25) is 0 Å². The number of hydrogen-bond acceptors (Lipinski definition) is 2. The Bertz CT molecular complexity index is 563. The van der Waals surface area contributed by atoms with Crippen molar-refractivity contribution in [3.05, 3.63) is 29.6 Å². The molecule has 0 radical (unpaired) electrons. The van der Waals surface area contributed by atoms with Crippen molar-refractivity contribution in [2.45, 2.75) is 44.1 Å². The first-order valence-corrected chi connectivity index (χ1v) is 7.84. The second kappa shape index (κ2) is 4.46. The van der Waals surface area contributed by atoms with Crippen molar-refractivity contribution < 1.29 is 14.3 Å². The van der Waals surface area contributed by atoms with Gasteiger partial charge < -0.3 is 10.4 Å². The van der Waals surface area contributed by atoms with E-state index < -0.39 is 5.82 Å². The number of nitrogens with one attached hydrogen (secondary N) is 1. The Morgan fingerprint density at radius 3 is 2.24 bits per heavy atom. The number of carbonyl (C=O) groups excluding carboxylic acids is 1. The molecule has 5 rings (SSSR count). The normalized spacial score (nSPS) is 36.7. The van der Waals surface area contributed by atoms with Crippen LogP contribution in [0.2, 0.25) is 0 Å². The van der Waals surface area contributed by atoms with Gasteiger partial charge in [-0.3, -0.25) is 4.79 Å². The van der Waals surface area contributed by atoms with E-state index in [9.17, 15) is 14.3 Å². The summed E-state index contributed by atoms with van der Waals surface area (Å²) >= 11 is 0. The maximum atomic E-state index is 13.0. The summed E-state index contributed by atoms with van der Waals surface area (Å²) in [5.41, 5.74) is 0.0827. The summed E-state index contributed by atoms with van der Waals surface area (Å²) < 4.78 is 13.0. The van der Waals surface area contributed by atoms with Crippen molar-refractivity contribution in [1.82, 2.24) is 5.32 Å². The number of phenols is 1. The predicted octanol–water partition coefficient (Wildman–Crippen LogP) is 3.23. The molecule has 0 heterocycles. The highest BCUT2D eigenvalue weighted by Crippen LogP contribution is 2.55. The zero-order valence-corrected chi connectivity index (χ0v) is 11.9. The zero-order chi connectivity index (χ0) is 14.6. The zero-order valence-electron chi connectivity index (χ0n) is 11.9. The fourth-order valence-corrected chi connectivity index (χ4v) is 5.27. The van der Waals surface area contributed by atoms with Gasteiger partial charge in [0, 0.05) is 11.6 Å².